The van der Waals surface area contributed by atoms with Gasteiger partial charge in [0.2, 0.25) is 0 Å². The Kier molecular flexibility index (Phi) is 7.95. The number of fused-ring (bicyclic) bond motifs is 2. The lowest BCUT2D eigenvalue weighted by atomic mass is 9.74. The third-order valence-corrected chi connectivity index (χ3v) is 9.96. The van der Waals surface area contributed by atoms with Crippen molar-refractivity contribution in [3.05, 3.63) is 99.5 Å². The van der Waals surface area contributed by atoms with E-state index in [0.717, 1.165) is 49.5 Å². The molecule has 1 saturated heterocycles. The number of piperidine rings is 1. The molecular weight excluding hydrogens is 497 g/mol. The number of hydrogen-bond donors (Lipinski definition) is 0. The van der Waals surface area contributed by atoms with E-state index in [9.17, 15) is 4.21 Å². The van der Waals surface area contributed by atoms with Crippen LogP contribution < -0.4 is 0 Å². The average molecular weight is 529 g/mol. The van der Waals surface area contributed by atoms with Gasteiger partial charge in [0.15, 0.2) is 0 Å². The van der Waals surface area contributed by atoms with E-state index in [-0.39, 0.29) is 11.3 Å². The molecule has 184 valence electrons. The van der Waals surface area contributed by atoms with Crippen molar-refractivity contribution in [3.8, 4) is 0 Å². The molecule has 0 aromatic heterocycles. The van der Waals surface area contributed by atoms with E-state index in [0.29, 0.717) is 23.3 Å². The van der Waals surface area contributed by atoms with Crippen molar-refractivity contribution in [1.82, 2.24) is 4.90 Å². The number of rotatable bonds is 8. The first-order valence-corrected chi connectivity index (χ1v) is 14.4. The predicted molar refractivity (Wildman–Crippen MR) is 145 cm³/mol. The molecule has 0 radical (unpaired) electrons. The van der Waals surface area contributed by atoms with Crippen molar-refractivity contribution >= 4 is 34.0 Å². The number of hydrogen-bond acceptors (Lipinski definition) is 3. The first-order chi connectivity index (χ1) is 17.0. The summed E-state index contributed by atoms with van der Waals surface area (Å²) in [6.45, 7) is 4.30. The average Bonchev–Trinajstić information content (AvgIpc) is 3.16. The van der Waals surface area contributed by atoms with Gasteiger partial charge in [-0.15, -0.1) is 0 Å². The smallest absolute Gasteiger partial charge is 0.0717 e. The topological polar surface area (TPSA) is 29.5 Å². The maximum atomic E-state index is 12.7. The largest absolute Gasteiger partial charge is 0.376 e. The third-order valence-electron chi connectivity index (χ3n) is 7.56. The van der Waals surface area contributed by atoms with Crippen molar-refractivity contribution < 1.29 is 8.95 Å². The third kappa shape index (κ3) is 5.68. The second-order valence-electron chi connectivity index (χ2n) is 9.77. The highest BCUT2D eigenvalue weighted by Gasteiger charge is 2.44. The first-order valence-electron chi connectivity index (χ1n) is 12.3. The molecule has 3 nitrogen and oxygen atoms in total. The molecule has 2 aliphatic heterocycles. The Hall–Kier alpha value is -1.69. The molecule has 3 aromatic rings. The summed E-state index contributed by atoms with van der Waals surface area (Å²) in [5, 5.41) is 1.17. The monoisotopic (exact) mass is 527 g/mol. The standard InChI is InChI=1S/C29H31Cl2NO2S/c30-26-11-10-23(18-27(26)31)24(20-34-19-22-6-2-1-3-7-22)12-15-32-16-13-29(14-17-32)21-35(33)28-9-5-4-8-25(28)29/h1-11,18,24H,12-17,19-21H2/t24-,35?/m1/s1. The molecule has 6 heteroatoms. The Balaban J connectivity index is 1.21. The molecule has 1 fully saturated rings. The van der Waals surface area contributed by atoms with Gasteiger partial charge in [-0.1, -0.05) is 77.8 Å². The van der Waals surface area contributed by atoms with Crippen LogP contribution in [-0.4, -0.2) is 41.1 Å². The highest BCUT2D eigenvalue weighted by molar-refractivity contribution is 7.85. The zero-order chi connectivity index (χ0) is 24.3. The van der Waals surface area contributed by atoms with E-state index >= 15 is 0 Å². The zero-order valence-electron chi connectivity index (χ0n) is 19.8. The molecule has 0 amide bonds. The summed E-state index contributed by atoms with van der Waals surface area (Å²) in [4.78, 5) is 3.60. The van der Waals surface area contributed by atoms with E-state index in [1.165, 1.54) is 16.7 Å². The Morgan fingerprint density at radius 2 is 1.69 bits per heavy atom. The maximum Gasteiger partial charge on any atom is 0.0717 e. The zero-order valence-corrected chi connectivity index (χ0v) is 22.1. The summed E-state index contributed by atoms with van der Waals surface area (Å²) < 4.78 is 18.9. The minimum absolute atomic E-state index is 0.0832. The van der Waals surface area contributed by atoms with Gasteiger partial charge in [0.1, 0.15) is 0 Å². The minimum Gasteiger partial charge on any atom is -0.376 e. The Labute approximate surface area is 220 Å². The fourth-order valence-corrected chi connectivity index (χ4v) is 7.64. The van der Waals surface area contributed by atoms with E-state index in [2.05, 4.69) is 35.2 Å². The Morgan fingerprint density at radius 3 is 2.46 bits per heavy atom. The molecule has 1 spiro atoms. The lowest BCUT2D eigenvalue weighted by molar-refractivity contribution is 0.0970. The molecule has 0 N–H and O–H groups in total. The second-order valence-corrected chi connectivity index (χ2v) is 12.0. The Bertz CT molecular complexity index is 1180. The lowest BCUT2D eigenvalue weighted by Gasteiger charge is -2.40. The van der Waals surface area contributed by atoms with Crippen molar-refractivity contribution in [1.29, 1.82) is 0 Å². The lowest BCUT2D eigenvalue weighted by Crippen LogP contribution is -2.44. The molecule has 0 bridgehead atoms. The molecule has 0 saturated carbocycles. The molecule has 2 atom stereocenters. The van der Waals surface area contributed by atoms with Crippen LogP contribution in [0.4, 0.5) is 0 Å². The van der Waals surface area contributed by atoms with Gasteiger partial charge in [0, 0.05) is 22.0 Å². The fraction of sp³-hybridized carbons (Fsp3) is 0.379. The molecule has 35 heavy (non-hydrogen) atoms. The summed E-state index contributed by atoms with van der Waals surface area (Å²) in [6.07, 6.45) is 3.12. The summed E-state index contributed by atoms with van der Waals surface area (Å²) in [6, 6.07) is 24.5. The van der Waals surface area contributed by atoms with Crippen LogP contribution in [0.25, 0.3) is 0 Å². The van der Waals surface area contributed by atoms with Crippen LogP contribution in [0.3, 0.4) is 0 Å². The molecular formula is C29H31Cl2NO2S. The molecule has 5 rings (SSSR count). The van der Waals surface area contributed by atoms with Gasteiger partial charge >= 0.3 is 0 Å². The van der Waals surface area contributed by atoms with Gasteiger partial charge in [-0.05, 0) is 73.8 Å². The number of likely N-dealkylation sites (tertiary alicyclic amines) is 1. The van der Waals surface area contributed by atoms with Gasteiger partial charge < -0.3 is 9.64 Å². The van der Waals surface area contributed by atoms with E-state index < -0.39 is 10.8 Å². The van der Waals surface area contributed by atoms with Crippen molar-refractivity contribution in [3.63, 3.8) is 0 Å². The number of ether oxygens (including phenoxy) is 1. The van der Waals surface area contributed by atoms with Gasteiger partial charge in [0.05, 0.1) is 34.1 Å². The van der Waals surface area contributed by atoms with Crippen LogP contribution in [-0.2, 0) is 27.6 Å². The summed E-state index contributed by atoms with van der Waals surface area (Å²) in [5.74, 6) is 1.02. The van der Waals surface area contributed by atoms with Crippen molar-refractivity contribution in [2.24, 2.45) is 0 Å². The molecule has 3 aromatic carbocycles. The van der Waals surface area contributed by atoms with Gasteiger partial charge in [-0.3, -0.25) is 4.21 Å². The quantitative estimate of drug-likeness (QED) is 0.321. The van der Waals surface area contributed by atoms with Crippen molar-refractivity contribution in [2.45, 2.75) is 42.1 Å². The SMILES string of the molecule is O=S1CC2(CCN(CC[C@H](COCc3ccccc3)c3ccc(Cl)c(Cl)c3)CC2)c2ccccc21. The first kappa shape index (κ1) is 25.0. The second kappa shape index (κ2) is 11.1. The fourth-order valence-electron chi connectivity index (χ4n) is 5.47. The Morgan fingerprint density at radius 1 is 0.943 bits per heavy atom. The molecule has 2 aliphatic rings. The molecule has 0 aliphatic carbocycles. The number of nitrogens with zero attached hydrogens (tertiary/aromatic N) is 1. The predicted octanol–water partition coefficient (Wildman–Crippen LogP) is 6.84. The van der Waals surface area contributed by atoms with Crippen LogP contribution in [0.1, 0.15) is 41.9 Å². The van der Waals surface area contributed by atoms with Crippen LogP contribution in [0.5, 0.6) is 0 Å². The van der Waals surface area contributed by atoms with Crippen LogP contribution >= 0.6 is 23.2 Å². The highest BCUT2D eigenvalue weighted by Crippen LogP contribution is 2.45. The van der Waals surface area contributed by atoms with Gasteiger partial charge in [-0.25, -0.2) is 0 Å². The molecule has 2 heterocycles. The van der Waals surface area contributed by atoms with Crippen molar-refractivity contribution in [2.75, 3.05) is 32.0 Å². The summed E-state index contributed by atoms with van der Waals surface area (Å²) in [5.41, 5.74) is 3.75. The highest BCUT2D eigenvalue weighted by atomic mass is 35.5. The van der Waals surface area contributed by atoms with E-state index in [1.807, 2.05) is 42.5 Å². The minimum atomic E-state index is -0.864. The van der Waals surface area contributed by atoms with Crippen LogP contribution in [0.15, 0.2) is 77.7 Å². The normalized spacial score (nSPS) is 20.1. The van der Waals surface area contributed by atoms with Crippen LogP contribution in [0.2, 0.25) is 10.0 Å². The summed E-state index contributed by atoms with van der Waals surface area (Å²) >= 11 is 12.5. The van der Waals surface area contributed by atoms with Gasteiger partial charge in [-0.2, -0.15) is 0 Å². The maximum absolute atomic E-state index is 12.7. The van der Waals surface area contributed by atoms with E-state index in [4.69, 9.17) is 27.9 Å². The number of benzene rings is 3. The number of halogens is 2. The van der Waals surface area contributed by atoms with E-state index in [1.54, 1.807) is 0 Å². The molecule has 1 unspecified atom stereocenters. The van der Waals surface area contributed by atoms with Gasteiger partial charge in [0.25, 0.3) is 0 Å². The van der Waals surface area contributed by atoms with Crippen LogP contribution in [0, 0.1) is 0 Å². The summed E-state index contributed by atoms with van der Waals surface area (Å²) in [7, 11) is -0.864.